The van der Waals surface area contributed by atoms with Crippen LogP contribution in [0.2, 0.25) is 0 Å². The number of carboxylic acids is 1. The van der Waals surface area contributed by atoms with Gasteiger partial charge >= 0.3 is 35.5 Å². The van der Waals surface area contributed by atoms with Gasteiger partial charge in [0.2, 0.25) is 0 Å². The Morgan fingerprint density at radius 1 is 1.36 bits per heavy atom. The van der Waals surface area contributed by atoms with Crippen LogP contribution in [0.4, 0.5) is 0 Å². The van der Waals surface area contributed by atoms with Crippen molar-refractivity contribution in [3.8, 4) is 0 Å². The first-order valence-corrected chi connectivity index (χ1v) is 3.40. The molecule has 1 N–H and O–H groups in total. The van der Waals surface area contributed by atoms with Gasteiger partial charge in [-0.15, -0.1) is 0 Å². The second kappa shape index (κ2) is 10.2. The third-order valence-corrected chi connectivity index (χ3v) is 1.10. The summed E-state index contributed by atoms with van der Waals surface area (Å²) in [5.74, 6) is -0.879. The van der Waals surface area contributed by atoms with Crippen LogP contribution in [-0.4, -0.2) is 24.7 Å². The Bertz CT molecular complexity index is 261. The second-order valence-corrected chi connectivity index (χ2v) is 1.96. The molecular formula is C9H9NaO4. The number of hydrogen-bond acceptors (Lipinski definition) is 3. The van der Waals surface area contributed by atoms with Crippen molar-refractivity contribution in [3.63, 3.8) is 0 Å². The van der Waals surface area contributed by atoms with E-state index in [-0.39, 0.29) is 29.6 Å². The summed E-state index contributed by atoms with van der Waals surface area (Å²) in [6, 6.07) is 8.30. The van der Waals surface area contributed by atoms with Crippen molar-refractivity contribution in [1.82, 2.24) is 0 Å². The third kappa shape index (κ3) is 7.79. The summed E-state index contributed by atoms with van der Waals surface area (Å²) in [5, 5.41) is 8.38. The molecule has 0 fully saturated rings. The molecule has 4 nitrogen and oxygen atoms in total. The molecular weight excluding hydrogens is 195 g/mol. The maximum atomic E-state index is 10.2. The van der Waals surface area contributed by atoms with Crippen molar-refractivity contribution < 1.29 is 49.0 Å². The molecule has 1 aromatic rings. The maximum Gasteiger partial charge on any atom is 1.00 e. The zero-order chi connectivity index (χ0) is 10.1. The molecule has 70 valence electrons. The van der Waals surface area contributed by atoms with E-state index in [1.54, 1.807) is 30.3 Å². The minimum atomic E-state index is -0.879. The normalized spacial score (nSPS) is 7.21. The van der Waals surface area contributed by atoms with Crippen molar-refractivity contribution in [2.24, 2.45) is 0 Å². The monoisotopic (exact) mass is 204 g/mol. The topological polar surface area (TPSA) is 63.6 Å². The minimum absolute atomic E-state index is 0. The number of carboxylic acid groups (broad SMARTS) is 1. The predicted octanol–water partition coefficient (Wildman–Crippen LogP) is -1.91. The van der Waals surface area contributed by atoms with E-state index in [1.807, 2.05) is 0 Å². The van der Waals surface area contributed by atoms with E-state index in [1.165, 1.54) is 13.6 Å². The van der Waals surface area contributed by atoms with Gasteiger partial charge in [-0.05, 0) is 12.1 Å². The molecule has 0 aliphatic carbocycles. The maximum absolute atomic E-state index is 10.2. The number of benzene rings is 1. The SMILES string of the molecule is CO[C-]=O.O=C(O)c1ccccc1.[Na+]. The minimum Gasteiger partial charge on any atom is -0.655 e. The molecule has 0 heterocycles. The first kappa shape index (κ1) is 15.6. The van der Waals surface area contributed by atoms with E-state index in [2.05, 4.69) is 4.74 Å². The zero-order valence-electron chi connectivity index (χ0n) is 8.06. The number of hydrogen-bond donors (Lipinski definition) is 1. The van der Waals surface area contributed by atoms with Crippen LogP contribution < -0.4 is 29.6 Å². The van der Waals surface area contributed by atoms with Crippen molar-refractivity contribution >= 4 is 12.4 Å². The van der Waals surface area contributed by atoms with Crippen LogP contribution in [0.15, 0.2) is 30.3 Å². The predicted molar refractivity (Wildman–Crippen MR) is 46.1 cm³/mol. The molecule has 0 aromatic heterocycles. The smallest absolute Gasteiger partial charge is 0.655 e. The first-order valence-electron chi connectivity index (χ1n) is 3.40. The quantitative estimate of drug-likeness (QED) is 0.451. The number of ether oxygens (including phenoxy) is 1. The van der Waals surface area contributed by atoms with Crippen LogP contribution in [0, 0.1) is 0 Å². The molecule has 1 rings (SSSR count). The third-order valence-electron chi connectivity index (χ3n) is 1.10. The van der Waals surface area contributed by atoms with Crippen molar-refractivity contribution in [3.05, 3.63) is 35.9 Å². The van der Waals surface area contributed by atoms with Gasteiger partial charge in [-0.25, -0.2) is 4.79 Å². The Hall–Kier alpha value is -0.840. The van der Waals surface area contributed by atoms with Gasteiger partial charge in [-0.1, -0.05) is 24.7 Å². The molecule has 0 spiro atoms. The van der Waals surface area contributed by atoms with Crippen LogP contribution in [0.3, 0.4) is 0 Å². The molecule has 0 amide bonds. The van der Waals surface area contributed by atoms with E-state index in [0.717, 1.165) is 0 Å². The number of carbonyl (C=O) groups excluding carboxylic acids is 1. The van der Waals surface area contributed by atoms with Gasteiger partial charge in [-0.3, -0.25) is 0 Å². The molecule has 0 bridgehead atoms. The largest absolute Gasteiger partial charge is 1.00 e. The molecule has 0 atom stereocenters. The summed E-state index contributed by atoms with van der Waals surface area (Å²) in [5.41, 5.74) is 0.331. The summed E-state index contributed by atoms with van der Waals surface area (Å²) < 4.78 is 3.74. The average Bonchev–Trinajstić information content (AvgIpc) is 2.19. The Labute approximate surface area is 104 Å². The van der Waals surface area contributed by atoms with E-state index in [0.29, 0.717) is 5.56 Å². The van der Waals surface area contributed by atoms with Crippen molar-refractivity contribution in [1.29, 1.82) is 0 Å². The summed E-state index contributed by atoms with van der Waals surface area (Å²) in [6.45, 7) is 1.18. The van der Waals surface area contributed by atoms with Crippen molar-refractivity contribution in [2.75, 3.05) is 7.11 Å². The fraction of sp³-hybridized carbons (Fsp3) is 0.111. The molecule has 14 heavy (non-hydrogen) atoms. The molecule has 0 aliphatic heterocycles. The number of carbonyl (C=O) groups is 1. The average molecular weight is 204 g/mol. The van der Waals surface area contributed by atoms with Gasteiger partial charge in [0, 0.05) is 7.11 Å². The van der Waals surface area contributed by atoms with E-state index in [9.17, 15) is 4.79 Å². The van der Waals surface area contributed by atoms with Gasteiger partial charge in [0.05, 0.1) is 5.56 Å². The van der Waals surface area contributed by atoms with Crippen LogP contribution in [0.1, 0.15) is 10.4 Å². The van der Waals surface area contributed by atoms with Crippen LogP contribution >= 0.6 is 0 Å². The van der Waals surface area contributed by atoms with Crippen LogP contribution in [0.5, 0.6) is 0 Å². The second-order valence-electron chi connectivity index (χ2n) is 1.96. The van der Waals surface area contributed by atoms with Gasteiger partial charge in [-0.2, -0.15) is 0 Å². The Morgan fingerprint density at radius 2 is 1.79 bits per heavy atom. The summed E-state index contributed by atoms with van der Waals surface area (Å²) in [7, 11) is 1.26. The van der Waals surface area contributed by atoms with E-state index in [4.69, 9.17) is 9.90 Å². The molecule has 0 saturated heterocycles. The molecule has 1 aromatic carbocycles. The Morgan fingerprint density at radius 3 is 2.00 bits per heavy atom. The number of rotatable bonds is 2. The first-order chi connectivity index (χ1) is 6.22. The van der Waals surface area contributed by atoms with Crippen LogP contribution in [-0.2, 0) is 9.53 Å². The standard InChI is InChI=1S/C7H6O2.C2H3O2.Na/c8-7(9)6-4-2-1-3-5-6;1-4-2-3;/h1-5H,(H,8,9);1H3;/q;-1;+1. The van der Waals surface area contributed by atoms with E-state index < -0.39 is 5.97 Å². The number of methoxy groups -OCH3 is 1. The van der Waals surface area contributed by atoms with Gasteiger partial charge < -0.3 is 14.6 Å². The fourth-order valence-corrected chi connectivity index (χ4v) is 0.581. The van der Waals surface area contributed by atoms with Crippen molar-refractivity contribution in [2.45, 2.75) is 0 Å². The Balaban J connectivity index is 0. The molecule has 0 radical (unpaired) electrons. The van der Waals surface area contributed by atoms with Gasteiger partial charge in [0.25, 0.3) is 0 Å². The molecule has 0 saturated carbocycles. The molecule has 0 aliphatic rings. The summed E-state index contributed by atoms with van der Waals surface area (Å²) >= 11 is 0. The van der Waals surface area contributed by atoms with Gasteiger partial charge in [0.15, 0.2) is 0 Å². The van der Waals surface area contributed by atoms with Crippen LogP contribution in [0.25, 0.3) is 0 Å². The number of aromatic carboxylic acids is 1. The molecule has 0 unspecified atom stereocenters. The van der Waals surface area contributed by atoms with Gasteiger partial charge in [0.1, 0.15) is 0 Å². The molecule has 5 heteroatoms. The zero-order valence-corrected chi connectivity index (χ0v) is 10.1. The Kier molecular flexibility index (Phi) is 11.4. The summed E-state index contributed by atoms with van der Waals surface area (Å²) in [4.78, 5) is 19.0. The summed E-state index contributed by atoms with van der Waals surface area (Å²) in [6.07, 6.45) is 0. The fourth-order valence-electron chi connectivity index (χ4n) is 0.581. The van der Waals surface area contributed by atoms with E-state index >= 15 is 0 Å².